The molecule has 2 saturated heterocycles. The highest BCUT2D eigenvalue weighted by atomic mass is 16.7. The number of benzene rings is 1. The van der Waals surface area contributed by atoms with E-state index < -0.39 is 0 Å². The number of nitrogens with one attached hydrogen (secondary N) is 1. The largest absolute Gasteiger partial charge is 0.364 e. The third-order valence-electron chi connectivity index (χ3n) is 4.18. The van der Waals surface area contributed by atoms with Crippen LogP contribution in [-0.4, -0.2) is 37.2 Å². The van der Waals surface area contributed by atoms with Crippen molar-refractivity contribution in [1.82, 2.24) is 10.4 Å². The first kappa shape index (κ1) is 12.6. The summed E-state index contributed by atoms with van der Waals surface area (Å²) in [5, 5.41) is 5.27. The first-order valence-electron chi connectivity index (χ1n) is 7.01. The number of hydrogen-bond donors (Lipinski definition) is 1. The number of hydroxylamine groups is 2. The van der Waals surface area contributed by atoms with E-state index in [9.17, 15) is 4.79 Å². The van der Waals surface area contributed by atoms with E-state index in [0.717, 1.165) is 32.6 Å². The molecule has 1 aromatic carbocycles. The molecule has 4 nitrogen and oxygen atoms in total. The summed E-state index contributed by atoms with van der Waals surface area (Å²) >= 11 is 0. The fourth-order valence-corrected chi connectivity index (χ4v) is 3.13. The number of carbonyl (C=O) groups excluding carboxylic acids is 1. The highest BCUT2D eigenvalue weighted by Gasteiger charge is 2.39. The Morgan fingerprint density at radius 2 is 2.11 bits per heavy atom. The summed E-state index contributed by atoms with van der Waals surface area (Å²) in [6.45, 7) is 3.84. The van der Waals surface area contributed by atoms with Crippen molar-refractivity contribution < 1.29 is 9.63 Å². The molecule has 2 aliphatic rings. The summed E-state index contributed by atoms with van der Waals surface area (Å²) in [5.74, 6) is -0.247. The van der Waals surface area contributed by atoms with Gasteiger partial charge in [0.25, 0.3) is 0 Å². The van der Waals surface area contributed by atoms with Gasteiger partial charge in [0, 0.05) is 25.0 Å². The predicted octanol–water partition coefficient (Wildman–Crippen LogP) is 1.83. The molecule has 1 atom stereocenters. The Kier molecular flexibility index (Phi) is 3.53. The van der Waals surface area contributed by atoms with Crippen LogP contribution in [-0.2, 0) is 4.84 Å². The minimum Gasteiger partial charge on any atom is -0.364 e. The molecular formula is C15H20N2O2. The van der Waals surface area contributed by atoms with E-state index >= 15 is 0 Å². The van der Waals surface area contributed by atoms with Gasteiger partial charge in [-0.2, -0.15) is 0 Å². The predicted molar refractivity (Wildman–Crippen MR) is 72.6 cm³/mol. The summed E-state index contributed by atoms with van der Waals surface area (Å²) in [5.41, 5.74) is 0.932. The molecule has 0 bridgehead atoms. The molecule has 1 unspecified atom stereocenters. The first-order chi connectivity index (χ1) is 9.27. The van der Waals surface area contributed by atoms with E-state index in [1.807, 2.05) is 23.3 Å². The van der Waals surface area contributed by atoms with Gasteiger partial charge in [-0.15, -0.1) is 5.06 Å². The van der Waals surface area contributed by atoms with Crippen LogP contribution >= 0.6 is 0 Å². The summed E-state index contributed by atoms with van der Waals surface area (Å²) < 4.78 is 0. The Morgan fingerprint density at radius 1 is 1.26 bits per heavy atom. The molecule has 0 saturated carbocycles. The lowest BCUT2D eigenvalue weighted by Gasteiger charge is -2.38. The Hall–Kier alpha value is -1.39. The lowest BCUT2D eigenvalue weighted by molar-refractivity contribution is -0.145. The SMILES string of the molecule is O=C(ON1CCCC2(CCNC2)C1)c1ccccc1. The molecule has 1 spiro atoms. The van der Waals surface area contributed by atoms with Gasteiger partial charge in [-0.1, -0.05) is 18.2 Å². The van der Waals surface area contributed by atoms with Crippen LogP contribution in [0, 0.1) is 5.41 Å². The average molecular weight is 260 g/mol. The number of carbonyl (C=O) groups is 1. The standard InChI is InChI=1S/C15H20N2O2/c18-14(13-5-2-1-3-6-13)19-17-10-4-7-15(12-17)8-9-16-11-15/h1-3,5-6,16H,4,7-12H2. The molecule has 0 aliphatic carbocycles. The van der Waals surface area contributed by atoms with Crippen molar-refractivity contribution in [2.24, 2.45) is 5.41 Å². The third kappa shape index (κ3) is 2.80. The van der Waals surface area contributed by atoms with Gasteiger partial charge in [0.05, 0.1) is 5.56 Å². The fourth-order valence-electron chi connectivity index (χ4n) is 3.13. The Morgan fingerprint density at radius 3 is 2.84 bits per heavy atom. The second-order valence-electron chi connectivity index (χ2n) is 5.64. The van der Waals surface area contributed by atoms with Crippen LogP contribution < -0.4 is 5.32 Å². The normalized spacial score (nSPS) is 27.6. The summed E-state index contributed by atoms with van der Waals surface area (Å²) in [6, 6.07) is 9.19. The van der Waals surface area contributed by atoms with E-state index in [4.69, 9.17) is 4.84 Å². The van der Waals surface area contributed by atoms with E-state index in [2.05, 4.69) is 5.32 Å². The van der Waals surface area contributed by atoms with Crippen LogP contribution in [0.2, 0.25) is 0 Å². The molecule has 2 aliphatic heterocycles. The quantitative estimate of drug-likeness (QED) is 0.881. The molecule has 19 heavy (non-hydrogen) atoms. The number of rotatable bonds is 2. The molecule has 1 aromatic rings. The maximum atomic E-state index is 12.0. The van der Waals surface area contributed by atoms with Crippen LogP contribution in [0.25, 0.3) is 0 Å². The summed E-state index contributed by atoms with van der Waals surface area (Å²) in [4.78, 5) is 17.6. The first-order valence-corrected chi connectivity index (χ1v) is 7.01. The lowest BCUT2D eigenvalue weighted by atomic mass is 9.80. The van der Waals surface area contributed by atoms with Crippen molar-refractivity contribution in [1.29, 1.82) is 0 Å². The van der Waals surface area contributed by atoms with Crippen LogP contribution in [0.4, 0.5) is 0 Å². The monoisotopic (exact) mass is 260 g/mol. The molecule has 0 amide bonds. The van der Waals surface area contributed by atoms with Crippen LogP contribution in [0.5, 0.6) is 0 Å². The Labute approximate surface area is 113 Å². The van der Waals surface area contributed by atoms with E-state index in [0.29, 0.717) is 11.0 Å². The lowest BCUT2D eigenvalue weighted by Crippen LogP contribution is -2.45. The summed E-state index contributed by atoms with van der Waals surface area (Å²) in [7, 11) is 0. The fraction of sp³-hybridized carbons (Fsp3) is 0.533. The highest BCUT2D eigenvalue weighted by Crippen LogP contribution is 2.35. The maximum absolute atomic E-state index is 12.0. The highest BCUT2D eigenvalue weighted by molar-refractivity contribution is 5.89. The molecule has 2 fully saturated rings. The maximum Gasteiger partial charge on any atom is 0.357 e. The zero-order valence-electron chi connectivity index (χ0n) is 11.1. The van der Waals surface area contributed by atoms with Crippen molar-refractivity contribution in [3.8, 4) is 0 Å². The molecule has 1 N–H and O–H groups in total. The van der Waals surface area contributed by atoms with Crippen molar-refractivity contribution >= 4 is 5.97 Å². The van der Waals surface area contributed by atoms with E-state index in [1.54, 1.807) is 12.1 Å². The van der Waals surface area contributed by atoms with Gasteiger partial charge in [0.1, 0.15) is 0 Å². The van der Waals surface area contributed by atoms with Crippen LogP contribution in [0.3, 0.4) is 0 Å². The van der Waals surface area contributed by atoms with E-state index in [1.165, 1.54) is 12.8 Å². The zero-order valence-corrected chi connectivity index (χ0v) is 11.1. The average Bonchev–Trinajstić information content (AvgIpc) is 2.88. The van der Waals surface area contributed by atoms with E-state index in [-0.39, 0.29) is 5.97 Å². The second kappa shape index (κ2) is 5.31. The van der Waals surface area contributed by atoms with Gasteiger partial charge >= 0.3 is 5.97 Å². The van der Waals surface area contributed by atoms with Gasteiger partial charge in [-0.3, -0.25) is 0 Å². The van der Waals surface area contributed by atoms with Crippen molar-refractivity contribution in [3.05, 3.63) is 35.9 Å². The van der Waals surface area contributed by atoms with Gasteiger partial charge in [0.15, 0.2) is 0 Å². The smallest absolute Gasteiger partial charge is 0.357 e. The second-order valence-corrected chi connectivity index (χ2v) is 5.64. The topological polar surface area (TPSA) is 41.6 Å². The minimum atomic E-state index is -0.247. The molecule has 102 valence electrons. The van der Waals surface area contributed by atoms with Crippen molar-refractivity contribution in [2.45, 2.75) is 19.3 Å². The van der Waals surface area contributed by atoms with Gasteiger partial charge in [-0.25, -0.2) is 4.79 Å². The van der Waals surface area contributed by atoms with Crippen LogP contribution in [0.15, 0.2) is 30.3 Å². The molecule has 2 heterocycles. The molecule has 0 aromatic heterocycles. The summed E-state index contributed by atoms with van der Waals surface area (Å²) in [6.07, 6.45) is 3.52. The van der Waals surface area contributed by atoms with Gasteiger partial charge in [0.2, 0.25) is 0 Å². The molecular weight excluding hydrogens is 240 g/mol. The molecule has 3 rings (SSSR count). The zero-order chi connectivity index (χ0) is 13.1. The van der Waals surface area contributed by atoms with Crippen molar-refractivity contribution in [3.63, 3.8) is 0 Å². The third-order valence-corrected chi connectivity index (χ3v) is 4.18. The number of hydrogen-bond acceptors (Lipinski definition) is 4. The van der Waals surface area contributed by atoms with Crippen molar-refractivity contribution in [2.75, 3.05) is 26.2 Å². The van der Waals surface area contributed by atoms with Gasteiger partial charge in [-0.05, 0) is 37.9 Å². The van der Waals surface area contributed by atoms with Gasteiger partial charge < -0.3 is 10.2 Å². The Balaban J connectivity index is 1.62. The molecule has 0 radical (unpaired) electrons. The molecule has 4 heteroatoms. The Bertz CT molecular complexity index is 441. The minimum absolute atomic E-state index is 0.247. The number of piperidine rings is 1. The number of nitrogens with zero attached hydrogens (tertiary/aromatic N) is 1. The van der Waals surface area contributed by atoms with Crippen LogP contribution in [0.1, 0.15) is 29.6 Å².